The molecule has 0 aliphatic carbocycles. The normalized spacial score (nSPS) is 13.9. The predicted octanol–water partition coefficient (Wildman–Crippen LogP) is 5.66. The van der Waals surface area contributed by atoms with E-state index in [4.69, 9.17) is 11.6 Å². The van der Waals surface area contributed by atoms with E-state index in [1.807, 2.05) is 81.4 Å². The van der Waals surface area contributed by atoms with Gasteiger partial charge in [-0.05, 0) is 61.2 Å². The minimum absolute atomic E-state index is 0.116. The van der Waals surface area contributed by atoms with Crippen LogP contribution in [0.5, 0.6) is 0 Å². The SMILES string of the molecule is Cc1cccc(NC2=C(c3ccc(C)cc3C)C(=O)N(Cc3ccccc3Cl)C2=O)c1. The Bertz CT molecular complexity index is 1230. The number of amides is 2. The van der Waals surface area contributed by atoms with Crippen molar-refractivity contribution in [3.8, 4) is 0 Å². The lowest BCUT2D eigenvalue weighted by atomic mass is 9.97. The standard InChI is InChI=1S/C26H23ClN2O2/c1-16-7-6-9-20(14-16)28-24-23(21-12-11-17(2)13-18(21)3)25(30)29(26(24)31)15-19-8-4-5-10-22(19)27/h4-14,28H,15H2,1-3H3. The van der Waals surface area contributed by atoms with E-state index in [-0.39, 0.29) is 24.1 Å². The van der Waals surface area contributed by atoms with Gasteiger partial charge in [0.25, 0.3) is 11.8 Å². The number of halogens is 1. The Labute approximate surface area is 187 Å². The molecule has 5 heteroatoms. The minimum atomic E-state index is -0.360. The number of nitrogens with zero attached hydrogens (tertiary/aromatic N) is 1. The highest BCUT2D eigenvalue weighted by molar-refractivity contribution is 6.37. The third kappa shape index (κ3) is 4.12. The predicted molar refractivity (Wildman–Crippen MR) is 125 cm³/mol. The highest BCUT2D eigenvalue weighted by Crippen LogP contribution is 2.34. The van der Waals surface area contributed by atoms with Gasteiger partial charge in [-0.3, -0.25) is 14.5 Å². The topological polar surface area (TPSA) is 49.4 Å². The number of carbonyl (C=O) groups is 2. The monoisotopic (exact) mass is 430 g/mol. The highest BCUT2D eigenvalue weighted by atomic mass is 35.5. The average molecular weight is 431 g/mol. The fraction of sp³-hybridized carbons (Fsp3) is 0.154. The summed E-state index contributed by atoms with van der Waals surface area (Å²) in [5, 5.41) is 3.74. The molecule has 1 aliphatic rings. The molecule has 4 rings (SSSR count). The number of aryl methyl sites for hydroxylation is 3. The smallest absolute Gasteiger partial charge is 0.278 e. The molecule has 3 aromatic carbocycles. The summed E-state index contributed by atoms with van der Waals surface area (Å²) >= 11 is 6.30. The maximum absolute atomic E-state index is 13.5. The summed E-state index contributed by atoms with van der Waals surface area (Å²) in [6.07, 6.45) is 0. The summed E-state index contributed by atoms with van der Waals surface area (Å²) < 4.78 is 0. The van der Waals surface area contributed by atoms with Crippen LogP contribution in [-0.2, 0) is 16.1 Å². The second-order valence-corrected chi connectivity index (χ2v) is 8.26. The van der Waals surface area contributed by atoms with Crippen LogP contribution in [0.4, 0.5) is 5.69 Å². The average Bonchev–Trinajstić information content (AvgIpc) is 2.94. The Hall–Kier alpha value is -3.37. The molecule has 0 unspecified atom stereocenters. The van der Waals surface area contributed by atoms with Crippen molar-refractivity contribution < 1.29 is 9.59 Å². The van der Waals surface area contributed by atoms with Crippen LogP contribution in [0.3, 0.4) is 0 Å². The molecular formula is C26H23ClN2O2. The molecule has 2 amide bonds. The summed E-state index contributed by atoms with van der Waals surface area (Å²) in [7, 11) is 0. The summed E-state index contributed by atoms with van der Waals surface area (Å²) in [5.41, 5.74) is 6.01. The third-order valence-corrected chi connectivity index (χ3v) is 5.76. The Morgan fingerprint density at radius 3 is 2.29 bits per heavy atom. The Kier molecular flexibility index (Phi) is 5.66. The van der Waals surface area contributed by atoms with Crippen LogP contribution < -0.4 is 5.32 Å². The van der Waals surface area contributed by atoms with Gasteiger partial charge in [-0.2, -0.15) is 0 Å². The Balaban J connectivity index is 1.80. The van der Waals surface area contributed by atoms with Gasteiger partial charge in [-0.25, -0.2) is 0 Å². The van der Waals surface area contributed by atoms with Gasteiger partial charge in [0.2, 0.25) is 0 Å². The maximum Gasteiger partial charge on any atom is 0.278 e. The number of imide groups is 1. The van der Waals surface area contributed by atoms with Crippen LogP contribution in [-0.4, -0.2) is 16.7 Å². The number of benzene rings is 3. The lowest BCUT2D eigenvalue weighted by Gasteiger charge is -2.16. The fourth-order valence-corrected chi connectivity index (χ4v) is 4.04. The van der Waals surface area contributed by atoms with E-state index in [1.165, 1.54) is 4.90 Å². The lowest BCUT2D eigenvalue weighted by Crippen LogP contribution is -2.32. The zero-order valence-electron chi connectivity index (χ0n) is 17.7. The van der Waals surface area contributed by atoms with Crippen LogP contribution in [0.1, 0.15) is 27.8 Å². The fourth-order valence-electron chi connectivity index (χ4n) is 3.84. The molecule has 156 valence electrons. The molecule has 0 atom stereocenters. The van der Waals surface area contributed by atoms with Crippen molar-refractivity contribution in [2.45, 2.75) is 27.3 Å². The van der Waals surface area contributed by atoms with Gasteiger partial charge >= 0.3 is 0 Å². The van der Waals surface area contributed by atoms with E-state index >= 15 is 0 Å². The third-order valence-electron chi connectivity index (χ3n) is 5.39. The largest absolute Gasteiger partial charge is 0.350 e. The van der Waals surface area contributed by atoms with Gasteiger partial charge in [0.15, 0.2) is 0 Å². The molecule has 0 fully saturated rings. The van der Waals surface area contributed by atoms with Crippen LogP contribution in [0.15, 0.2) is 72.4 Å². The Morgan fingerprint density at radius 2 is 1.58 bits per heavy atom. The number of anilines is 1. The van der Waals surface area contributed by atoms with Crippen molar-refractivity contribution >= 4 is 34.7 Å². The molecule has 4 nitrogen and oxygen atoms in total. The molecule has 0 aromatic heterocycles. The van der Waals surface area contributed by atoms with Crippen molar-refractivity contribution in [2.75, 3.05) is 5.32 Å². The second kappa shape index (κ2) is 8.40. The van der Waals surface area contributed by atoms with Crippen molar-refractivity contribution in [2.24, 2.45) is 0 Å². The first-order valence-corrected chi connectivity index (χ1v) is 10.5. The number of carbonyl (C=O) groups excluding carboxylic acids is 2. The zero-order chi connectivity index (χ0) is 22.1. The molecule has 1 N–H and O–H groups in total. The van der Waals surface area contributed by atoms with Crippen LogP contribution >= 0.6 is 11.6 Å². The van der Waals surface area contributed by atoms with E-state index in [2.05, 4.69) is 5.32 Å². The minimum Gasteiger partial charge on any atom is -0.350 e. The summed E-state index contributed by atoms with van der Waals surface area (Å²) in [4.78, 5) is 28.2. The maximum atomic E-state index is 13.5. The van der Waals surface area contributed by atoms with Crippen molar-refractivity contribution in [3.63, 3.8) is 0 Å². The van der Waals surface area contributed by atoms with E-state index in [1.54, 1.807) is 6.07 Å². The van der Waals surface area contributed by atoms with Gasteiger partial charge < -0.3 is 5.32 Å². The Morgan fingerprint density at radius 1 is 0.839 bits per heavy atom. The van der Waals surface area contributed by atoms with Crippen LogP contribution in [0.2, 0.25) is 5.02 Å². The number of nitrogens with one attached hydrogen (secondary N) is 1. The molecule has 0 spiro atoms. The summed E-state index contributed by atoms with van der Waals surface area (Å²) in [5.74, 6) is -0.687. The van der Waals surface area contributed by atoms with Crippen LogP contribution in [0, 0.1) is 20.8 Å². The molecule has 0 saturated heterocycles. The van der Waals surface area contributed by atoms with E-state index in [0.29, 0.717) is 10.6 Å². The molecule has 1 heterocycles. The first-order valence-electron chi connectivity index (χ1n) is 10.1. The lowest BCUT2D eigenvalue weighted by molar-refractivity contribution is -0.137. The first kappa shape index (κ1) is 20.9. The summed E-state index contributed by atoms with van der Waals surface area (Å²) in [6.45, 7) is 6.05. The van der Waals surface area contributed by atoms with Crippen molar-refractivity contribution in [1.29, 1.82) is 0 Å². The molecule has 0 radical (unpaired) electrons. The second-order valence-electron chi connectivity index (χ2n) is 7.85. The number of rotatable bonds is 5. The highest BCUT2D eigenvalue weighted by Gasteiger charge is 2.39. The number of hydrogen-bond acceptors (Lipinski definition) is 3. The zero-order valence-corrected chi connectivity index (χ0v) is 18.5. The van der Waals surface area contributed by atoms with Gasteiger partial charge in [-0.15, -0.1) is 0 Å². The van der Waals surface area contributed by atoms with Gasteiger partial charge in [-0.1, -0.05) is 65.7 Å². The van der Waals surface area contributed by atoms with Gasteiger partial charge in [0.05, 0.1) is 12.1 Å². The van der Waals surface area contributed by atoms with Gasteiger partial charge in [0.1, 0.15) is 5.70 Å². The van der Waals surface area contributed by atoms with E-state index in [9.17, 15) is 9.59 Å². The van der Waals surface area contributed by atoms with Crippen LogP contribution in [0.25, 0.3) is 5.57 Å². The van der Waals surface area contributed by atoms with E-state index in [0.717, 1.165) is 33.5 Å². The molecule has 31 heavy (non-hydrogen) atoms. The first-order chi connectivity index (χ1) is 14.8. The molecule has 0 saturated carbocycles. The molecular weight excluding hydrogens is 408 g/mol. The van der Waals surface area contributed by atoms with E-state index < -0.39 is 0 Å². The number of hydrogen-bond donors (Lipinski definition) is 1. The summed E-state index contributed by atoms with van der Waals surface area (Å²) in [6, 6.07) is 20.8. The quantitative estimate of drug-likeness (QED) is 0.531. The molecule has 0 bridgehead atoms. The molecule has 1 aliphatic heterocycles. The molecule has 3 aromatic rings. The van der Waals surface area contributed by atoms with Crippen molar-refractivity contribution in [1.82, 2.24) is 4.90 Å². The van der Waals surface area contributed by atoms with Crippen molar-refractivity contribution in [3.05, 3.63) is 105 Å². The van der Waals surface area contributed by atoms with Gasteiger partial charge in [0, 0.05) is 10.7 Å².